The first-order valence-corrected chi connectivity index (χ1v) is 7.62. The quantitative estimate of drug-likeness (QED) is 0.786. The van der Waals surface area contributed by atoms with Crippen molar-refractivity contribution in [3.63, 3.8) is 0 Å². The van der Waals surface area contributed by atoms with E-state index in [1.165, 1.54) is 11.3 Å². The first-order chi connectivity index (χ1) is 9.70. The molecule has 0 aliphatic heterocycles. The number of anilines is 1. The molecule has 0 saturated heterocycles. The van der Waals surface area contributed by atoms with Crippen molar-refractivity contribution in [1.82, 2.24) is 20.5 Å². The summed E-state index contributed by atoms with van der Waals surface area (Å²) in [5.74, 6) is 0.206. The van der Waals surface area contributed by atoms with Crippen molar-refractivity contribution < 1.29 is 4.79 Å². The van der Waals surface area contributed by atoms with Gasteiger partial charge in [-0.25, -0.2) is 4.98 Å². The SMILES string of the molecule is CCC(NC(=O)c1n[nH]c(C2CC2)c1N)c1nccs1. The van der Waals surface area contributed by atoms with E-state index in [4.69, 9.17) is 5.73 Å². The Morgan fingerprint density at radius 2 is 2.45 bits per heavy atom. The number of aromatic amines is 1. The third-order valence-electron chi connectivity index (χ3n) is 3.50. The number of hydrogen-bond acceptors (Lipinski definition) is 5. The number of nitrogens with two attached hydrogens (primary N) is 1. The topological polar surface area (TPSA) is 96.7 Å². The maximum atomic E-state index is 12.3. The number of rotatable bonds is 5. The van der Waals surface area contributed by atoms with Crippen molar-refractivity contribution in [3.8, 4) is 0 Å². The first-order valence-electron chi connectivity index (χ1n) is 6.74. The minimum Gasteiger partial charge on any atom is -0.395 e. The number of nitrogens with zero attached hydrogens (tertiary/aromatic N) is 2. The lowest BCUT2D eigenvalue weighted by molar-refractivity contribution is 0.0931. The zero-order valence-electron chi connectivity index (χ0n) is 11.2. The van der Waals surface area contributed by atoms with Crippen LogP contribution in [0.5, 0.6) is 0 Å². The number of thiazole rings is 1. The Balaban J connectivity index is 1.75. The Hall–Kier alpha value is -1.89. The van der Waals surface area contributed by atoms with Crippen molar-refractivity contribution in [1.29, 1.82) is 0 Å². The monoisotopic (exact) mass is 291 g/mol. The van der Waals surface area contributed by atoms with E-state index in [1.807, 2.05) is 12.3 Å². The van der Waals surface area contributed by atoms with E-state index in [2.05, 4.69) is 20.5 Å². The van der Waals surface area contributed by atoms with Gasteiger partial charge in [0.2, 0.25) is 0 Å². The molecule has 1 aliphatic carbocycles. The maximum Gasteiger partial charge on any atom is 0.274 e. The number of nitrogen functional groups attached to an aromatic ring is 1. The Bertz CT molecular complexity index is 602. The summed E-state index contributed by atoms with van der Waals surface area (Å²) < 4.78 is 0. The highest BCUT2D eigenvalue weighted by atomic mass is 32.1. The Morgan fingerprint density at radius 3 is 3.05 bits per heavy atom. The van der Waals surface area contributed by atoms with Gasteiger partial charge in [-0.2, -0.15) is 5.10 Å². The fourth-order valence-electron chi connectivity index (χ4n) is 2.19. The van der Waals surface area contributed by atoms with Gasteiger partial charge >= 0.3 is 0 Å². The second kappa shape index (κ2) is 5.24. The number of H-pyrrole nitrogens is 1. The van der Waals surface area contributed by atoms with E-state index < -0.39 is 0 Å². The standard InChI is InChI=1S/C13H17N5OS/c1-2-8(13-15-5-6-20-13)16-12(19)11-9(14)10(17-18-11)7-3-4-7/h5-8H,2-4,14H2,1H3,(H,16,19)(H,17,18). The minimum atomic E-state index is -0.243. The second-order valence-corrected chi connectivity index (χ2v) is 5.90. The predicted octanol–water partition coefficient (Wildman–Crippen LogP) is 2.21. The average Bonchev–Trinajstić information content (AvgIpc) is 2.99. The highest BCUT2D eigenvalue weighted by molar-refractivity contribution is 7.09. The van der Waals surface area contributed by atoms with Gasteiger partial charge in [-0.3, -0.25) is 9.89 Å². The summed E-state index contributed by atoms with van der Waals surface area (Å²) in [6, 6.07) is -0.0945. The molecule has 0 bridgehead atoms. The molecule has 1 saturated carbocycles. The van der Waals surface area contributed by atoms with Crippen molar-refractivity contribution in [2.24, 2.45) is 0 Å². The van der Waals surface area contributed by atoms with Crippen LogP contribution in [0.3, 0.4) is 0 Å². The molecular weight excluding hydrogens is 274 g/mol. The number of carbonyl (C=O) groups is 1. The zero-order chi connectivity index (χ0) is 14.1. The number of hydrogen-bond donors (Lipinski definition) is 3. The summed E-state index contributed by atoms with van der Waals surface area (Å²) in [4.78, 5) is 16.5. The van der Waals surface area contributed by atoms with Crippen LogP contribution in [0.4, 0.5) is 5.69 Å². The third-order valence-corrected chi connectivity index (χ3v) is 4.39. The van der Waals surface area contributed by atoms with E-state index in [-0.39, 0.29) is 11.9 Å². The van der Waals surface area contributed by atoms with E-state index in [0.717, 1.165) is 30.0 Å². The smallest absolute Gasteiger partial charge is 0.274 e. The number of aromatic nitrogens is 3. The molecule has 1 atom stereocenters. The Labute approximate surface area is 120 Å². The summed E-state index contributed by atoms with van der Waals surface area (Å²) in [7, 11) is 0. The van der Waals surface area contributed by atoms with Gasteiger partial charge in [0.25, 0.3) is 5.91 Å². The molecule has 2 aromatic heterocycles. The van der Waals surface area contributed by atoms with Crippen LogP contribution in [-0.4, -0.2) is 21.1 Å². The van der Waals surface area contributed by atoms with E-state index in [0.29, 0.717) is 17.3 Å². The van der Waals surface area contributed by atoms with Gasteiger partial charge in [0.1, 0.15) is 5.01 Å². The van der Waals surface area contributed by atoms with E-state index in [9.17, 15) is 4.79 Å². The van der Waals surface area contributed by atoms with Crippen LogP contribution in [0.25, 0.3) is 0 Å². The molecule has 106 valence electrons. The second-order valence-electron chi connectivity index (χ2n) is 4.98. The zero-order valence-corrected chi connectivity index (χ0v) is 12.0. The number of amides is 1. The number of nitrogens with one attached hydrogen (secondary N) is 2. The van der Waals surface area contributed by atoms with Gasteiger partial charge in [-0.05, 0) is 19.3 Å². The molecule has 2 heterocycles. The largest absolute Gasteiger partial charge is 0.395 e. The lowest BCUT2D eigenvalue weighted by Crippen LogP contribution is -2.29. The molecule has 3 rings (SSSR count). The molecule has 1 amide bonds. The van der Waals surface area contributed by atoms with Gasteiger partial charge in [-0.1, -0.05) is 6.92 Å². The van der Waals surface area contributed by atoms with Crippen LogP contribution in [-0.2, 0) is 0 Å². The lowest BCUT2D eigenvalue weighted by Gasteiger charge is -2.13. The van der Waals surface area contributed by atoms with Crippen molar-refractivity contribution in [3.05, 3.63) is 28.0 Å². The molecule has 2 aromatic rings. The van der Waals surface area contributed by atoms with Crippen LogP contribution >= 0.6 is 11.3 Å². The average molecular weight is 291 g/mol. The molecule has 1 fully saturated rings. The van der Waals surface area contributed by atoms with Crippen molar-refractivity contribution in [2.45, 2.75) is 38.1 Å². The van der Waals surface area contributed by atoms with Gasteiger partial charge in [-0.15, -0.1) is 11.3 Å². The fourth-order valence-corrected chi connectivity index (χ4v) is 2.96. The molecule has 4 N–H and O–H groups in total. The third kappa shape index (κ3) is 2.40. The van der Waals surface area contributed by atoms with Gasteiger partial charge in [0.05, 0.1) is 17.4 Å². The Kier molecular flexibility index (Phi) is 3.43. The summed E-state index contributed by atoms with van der Waals surface area (Å²) >= 11 is 1.53. The molecule has 0 radical (unpaired) electrons. The summed E-state index contributed by atoms with van der Waals surface area (Å²) in [5, 5.41) is 12.7. The normalized spacial score (nSPS) is 16.1. The maximum absolute atomic E-state index is 12.3. The van der Waals surface area contributed by atoms with Crippen LogP contribution in [0.2, 0.25) is 0 Å². The number of carbonyl (C=O) groups excluding carboxylic acids is 1. The molecule has 1 unspecified atom stereocenters. The first kappa shape index (κ1) is 13.1. The molecule has 1 aliphatic rings. The molecular formula is C13H17N5OS. The molecule has 6 nitrogen and oxygen atoms in total. The van der Waals surface area contributed by atoms with Crippen molar-refractivity contribution in [2.75, 3.05) is 5.73 Å². The van der Waals surface area contributed by atoms with Gasteiger partial charge in [0.15, 0.2) is 5.69 Å². The fraction of sp³-hybridized carbons (Fsp3) is 0.462. The summed E-state index contributed by atoms with van der Waals surface area (Å²) in [6.07, 6.45) is 4.75. The molecule has 20 heavy (non-hydrogen) atoms. The van der Waals surface area contributed by atoms with E-state index >= 15 is 0 Å². The summed E-state index contributed by atoms with van der Waals surface area (Å²) in [6.45, 7) is 2.01. The van der Waals surface area contributed by atoms with E-state index in [1.54, 1.807) is 6.20 Å². The molecule has 0 aromatic carbocycles. The van der Waals surface area contributed by atoms with Crippen LogP contribution in [0.1, 0.15) is 59.3 Å². The van der Waals surface area contributed by atoms with Crippen molar-refractivity contribution >= 4 is 22.9 Å². The lowest BCUT2D eigenvalue weighted by atomic mass is 10.2. The summed E-state index contributed by atoms with van der Waals surface area (Å²) in [5.41, 5.74) is 7.69. The minimum absolute atomic E-state index is 0.0945. The Morgan fingerprint density at radius 1 is 1.65 bits per heavy atom. The van der Waals surface area contributed by atoms with Crippen LogP contribution in [0.15, 0.2) is 11.6 Å². The highest BCUT2D eigenvalue weighted by Crippen LogP contribution is 2.42. The molecule has 7 heteroatoms. The predicted molar refractivity (Wildman–Crippen MR) is 77.6 cm³/mol. The van der Waals surface area contributed by atoms with Gasteiger partial charge < -0.3 is 11.1 Å². The van der Waals surface area contributed by atoms with Crippen LogP contribution < -0.4 is 11.1 Å². The highest BCUT2D eigenvalue weighted by Gasteiger charge is 2.30. The molecule has 0 spiro atoms. The van der Waals surface area contributed by atoms with Gasteiger partial charge in [0, 0.05) is 17.5 Å². The van der Waals surface area contributed by atoms with Crippen LogP contribution in [0, 0.1) is 0 Å².